The summed E-state index contributed by atoms with van der Waals surface area (Å²) < 4.78 is 1.68. The van der Waals surface area contributed by atoms with Crippen molar-refractivity contribution >= 4 is 23.2 Å². The summed E-state index contributed by atoms with van der Waals surface area (Å²) in [4.78, 5) is 35.9. The lowest BCUT2D eigenvalue weighted by atomic mass is 10.1. The first-order chi connectivity index (χ1) is 9.81. The standard InChI is InChI=1S/C13H13N3O4S/c1-6-8(7(2)16(3)15-6)4-5-9(17)10-11(18)14-13(20)21-12(10)19/h4-5,19H,1-3H3,(H,14,18,20). The number of rotatable bonds is 3. The van der Waals surface area contributed by atoms with E-state index in [0.717, 1.165) is 17.0 Å². The monoisotopic (exact) mass is 307 g/mol. The van der Waals surface area contributed by atoms with E-state index in [4.69, 9.17) is 0 Å². The van der Waals surface area contributed by atoms with Crippen molar-refractivity contribution in [3.63, 3.8) is 0 Å². The number of nitrogens with zero attached hydrogens (tertiary/aromatic N) is 2. The van der Waals surface area contributed by atoms with E-state index in [1.54, 1.807) is 18.7 Å². The van der Waals surface area contributed by atoms with E-state index >= 15 is 0 Å². The number of H-pyrrole nitrogens is 1. The second-order valence-corrected chi connectivity index (χ2v) is 5.39. The van der Waals surface area contributed by atoms with Crippen molar-refractivity contribution in [3.8, 4) is 5.06 Å². The fraction of sp³-hybridized carbons (Fsp3) is 0.231. The molecule has 110 valence electrons. The Morgan fingerprint density at radius 3 is 2.57 bits per heavy atom. The van der Waals surface area contributed by atoms with Gasteiger partial charge < -0.3 is 5.11 Å². The maximum Gasteiger partial charge on any atom is 0.310 e. The molecule has 0 spiro atoms. The molecule has 21 heavy (non-hydrogen) atoms. The maximum atomic E-state index is 12.0. The number of carbonyl (C=O) groups is 1. The third-order valence-electron chi connectivity index (χ3n) is 3.06. The lowest BCUT2D eigenvalue weighted by Crippen LogP contribution is -2.22. The van der Waals surface area contributed by atoms with Gasteiger partial charge in [-0.25, -0.2) is 0 Å². The minimum Gasteiger partial charge on any atom is -0.499 e. The number of hydrogen-bond acceptors (Lipinski definition) is 6. The molecule has 0 bridgehead atoms. The summed E-state index contributed by atoms with van der Waals surface area (Å²) in [6, 6.07) is 0. The van der Waals surface area contributed by atoms with Gasteiger partial charge in [0.2, 0.25) is 0 Å². The van der Waals surface area contributed by atoms with Crippen molar-refractivity contribution in [3.05, 3.63) is 48.6 Å². The molecular formula is C13H13N3O4S. The zero-order valence-corrected chi connectivity index (χ0v) is 12.4. The highest BCUT2D eigenvalue weighted by Crippen LogP contribution is 2.17. The molecule has 0 amide bonds. The number of carbonyl (C=O) groups excluding carboxylic acids is 1. The lowest BCUT2D eigenvalue weighted by Gasteiger charge is -1.97. The molecule has 2 rings (SSSR count). The van der Waals surface area contributed by atoms with E-state index in [2.05, 4.69) is 5.10 Å². The third kappa shape index (κ3) is 2.84. The largest absolute Gasteiger partial charge is 0.499 e. The fourth-order valence-electron chi connectivity index (χ4n) is 1.91. The van der Waals surface area contributed by atoms with Gasteiger partial charge in [0, 0.05) is 18.3 Å². The molecule has 0 aliphatic heterocycles. The summed E-state index contributed by atoms with van der Waals surface area (Å²) in [7, 11) is 1.78. The topological polar surface area (TPSA) is 105 Å². The number of aromatic hydroxyl groups is 1. The highest BCUT2D eigenvalue weighted by atomic mass is 32.1. The molecule has 0 saturated carbocycles. The molecule has 0 unspecified atom stereocenters. The first kappa shape index (κ1) is 14.9. The molecule has 0 aliphatic carbocycles. The van der Waals surface area contributed by atoms with E-state index in [1.165, 1.54) is 12.2 Å². The molecule has 2 aromatic rings. The van der Waals surface area contributed by atoms with Gasteiger partial charge in [0.15, 0.2) is 10.8 Å². The van der Waals surface area contributed by atoms with Gasteiger partial charge in [0.05, 0.1) is 5.69 Å². The molecule has 2 heterocycles. The molecule has 0 atom stereocenters. The SMILES string of the molecule is Cc1nn(C)c(C)c1C=CC(=O)c1c(O)sc(=O)[nH]c1=O. The summed E-state index contributed by atoms with van der Waals surface area (Å²) in [5.41, 5.74) is 1.05. The molecule has 0 saturated heterocycles. The second-order valence-electron chi connectivity index (χ2n) is 4.43. The summed E-state index contributed by atoms with van der Waals surface area (Å²) >= 11 is 0.407. The summed E-state index contributed by atoms with van der Waals surface area (Å²) in [6.07, 6.45) is 2.72. The van der Waals surface area contributed by atoms with E-state index in [1.807, 2.05) is 11.9 Å². The van der Waals surface area contributed by atoms with Gasteiger partial charge in [-0.3, -0.25) is 24.0 Å². The molecule has 7 nitrogen and oxygen atoms in total. The Morgan fingerprint density at radius 1 is 1.38 bits per heavy atom. The Balaban J connectivity index is 2.41. The normalized spacial score (nSPS) is 11.2. The van der Waals surface area contributed by atoms with Crippen molar-refractivity contribution < 1.29 is 9.90 Å². The molecular weight excluding hydrogens is 294 g/mol. The van der Waals surface area contributed by atoms with Crippen LogP contribution in [0.4, 0.5) is 0 Å². The predicted molar refractivity (Wildman–Crippen MR) is 78.9 cm³/mol. The lowest BCUT2D eigenvalue weighted by molar-refractivity contribution is 0.104. The van der Waals surface area contributed by atoms with Gasteiger partial charge in [0.25, 0.3) is 5.56 Å². The van der Waals surface area contributed by atoms with Gasteiger partial charge in [-0.1, -0.05) is 0 Å². The molecule has 0 radical (unpaired) electrons. The highest BCUT2D eigenvalue weighted by molar-refractivity contribution is 7.11. The first-order valence-corrected chi connectivity index (χ1v) is 6.82. The average molecular weight is 307 g/mol. The van der Waals surface area contributed by atoms with Gasteiger partial charge in [0.1, 0.15) is 5.56 Å². The predicted octanol–water partition coefficient (Wildman–Crippen LogP) is 0.749. The molecule has 0 aromatic carbocycles. The Bertz CT molecular complexity index is 857. The quantitative estimate of drug-likeness (QED) is 0.643. The van der Waals surface area contributed by atoms with Crippen molar-refractivity contribution in [1.82, 2.24) is 14.8 Å². The Kier molecular flexibility index (Phi) is 3.90. The van der Waals surface area contributed by atoms with Crippen LogP contribution in [-0.4, -0.2) is 25.7 Å². The number of ketones is 1. The Morgan fingerprint density at radius 2 is 2.05 bits per heavy atom. The zero-order valence-electron chi connectivity index (χ0n) is 11.6. The number of aryl methyl sites for hydroxylation is 2. The molecule has 0 aliphatic rings. The smallest absolute Gasteiger partial charge is 0.310 e. The number of allylic oxidation sites excluding steroid dienone is 1. The van der Waals surface area contributed by atoms with E-state index in [9.17, 15) is 19.5 Å². The first-order valence-electron chi connectivity index (χ1n) is 6.00. The van der Waals surface area contributed by atoms with Crippen LogP contribution in [0.3, 0.4) is 0 Å². The van der Waals surface area contributed by atoms with Crippen LogP contribution in [0.5, 0.6) is 5.06 Å². The Labute approximate surface area is 123 Å². The van der Waals surface area contributed by atoms with Crippen molar-refractivity contribution in [2.45, 2.75) is 13.8 Å². The molecule has 0 fully saturated rings. The Hall–Kier alpha value is -2.48. The van der Waals surface area contributed by atoms with Crippen LogP contribution in [-0.2, 0) is 7.05 Å². The number of aromatic nitrogens is 3. The second kappa shape index (κ2) is 5.49. The molecule has 2 N–H and O–H groups in total. The minimum atomic E-state index is -0.898. The van der Waals surface area contributed by atoms with E-state index < -0.39 is 26.8 Å². The zero-order chi connectivity index (χ0) is 15.7. The van der Waals surface area contributed by atoms with Crippen LogP contribution < -0.4 is 10.4 Å². The fourth-order valence-corrected chi connectivity index (χ4v) is 2.52. The third-order valence-corrected chi connectivity index (χ3v) is 3.74. The average Bonchev–Trinajstić information content (AvgIpc) is 2.60. The van der Waals surface area contributed by atoms with Crippen molar-refractivity contribution in [1.29, 1.82) is 0 Å². The van der Waals surface area contributed by atoms with E-state index in [-0.39, 0.29) is 0 Å². The van der Waals surface area contributed by atoms with Crippen molar-refractivity contribution in [2.75, 3.05) is 0 Å². The molecule has 2 aromatic heterocycles. The number of nitrogens with one attached hydrogen (secondary N) is 1. The highest BCUT2D eigenvalue weighted by Gasteiger charge is 2.16. The van der Waals surface area contributed by atoms with Gasteiger partial charge in [-0.05, 0) is 37.3 Å². The summed E-state index contributed by atoms with van der Waals surface area (Å²) in [5, 5.41) is 13.2. The van der Waals surface area contributed by atoms with Gasteiger partial charge >= 0.3 is 4.87 Å². The maximum absolute atomic E-state index is 12.0. The minimum absolute atomic E-state index is 0.407. The van der Waals surface area contributed by atoms with Crippen LogP contribution in [0.1, 0.15) is 27.3 Å². The number of aromatic amines is 1. The van der Waals surface area contributed by atoms with Gasteiger partial charge in [-0.15, -0.1) is 0 Å². The number of hydrogen-bond donors (Lipinski definition) is 2. The van der Waals surface area contributed by atoms with Gasteiger partial charge in [-0.2, -0.15) is 5.10 Å². The summed E-state index contributed by atoms with van der Waals surface area (Å²) in [5.74, 6) is -0.673. The molecule has 8 heteroatoms. The van der Waals surface area contributed by atoms with Crippen LogP contribution in [0.2, 0.25) is 0 Å². The van der Waals surface area contributed by atoms with Crippen LogP contribution >= 0.6 is 11.3 Å². The van der Waals surface area contributed by atoms with Crippen LogP contribution in [0, 0.1) is 13.8 Å². The summed E-state index contributed by atoms with van der Waals surface area (Å²) in [6.45, 7) is 3.65. The van der Waals surface area contributed by atoms with Crippen LogP contribution in [0.25, 0.3) is 6.08 Å². The van der Waals surface area contributed by atoms with Crippen molar-refractivity contribution in [2.24, 2.45) is 7.05 Å². The van der Waals surface area contributed by atoms with E-state index in [0.29, 0.717) is 11.3 Å². The van der Waals surface area contributed by atoms with Crippen LogP contribution in [0.15, 0.2) is 15.7 Å².